The Bertz CT molecular complexity index is 703. The molecule has 8 heteroatoms. The Balaban J connectivity index is 1.35. The van der Waals surface area contributed by atoms with Crippen molar-refractivity contribution in [3.8, 4) is 0 Å². The maximum Gasteiger partial charge on any atom is 0.321 e. The van der Waals surface area contributed by atoms with Gasteiger partial charge in [0.1, 0.15) is 0 Å². The van der Waals surface area contributed by atoms with Gasteiger partial charge >= 0.3 is 6.03 Å². The van der Waals surface area contributed by atoms with Gasteiger partial charge < -0.3 is 19.9 Å². The number of fused-ring (bicyclic) bond motifs is 1. The molecule has 4 rings (SSSR count). The van der Waals surface area contributed by atoms with E-state index < -0.39 is 0 Å². The number of carbonyl (C=O) groups is 2. The number of nitrogens with one attached hydrogen (secondary N) is 2. The number of hydrogen-bond donors (Lipinski definition) is 2. The number of likely N-dealkylation sites (tertiary alicyclic amines) is 2. The van der Waals surface area contributed by atoms with E-state index in [1.165, 1.54) is 0 Å². The van der Waals surface area contributed by atoms with Crippen molar-refractivity contribution in [1.82, 2.24) is 15.2 Å². The minimum atomic E-state index is -0.269. The molecule has 8 nitrogen and oxygen atoms in total. The molecule has 0 aromatic heterocycles. The number of nitrogens with zero attached hydrogens (tertiary/aromatic N) is 3. The van der Waals surface area contributed by atoms with Crippen LogP contribution in [0.3, 0.4) is 0 Å². The Morgan fingerprint density at radius 1 is 1.20 bits per heavy atom. The van der Waals surface area contributed by atoms with E-state index in [2.05, 4.69) is 27.8 Å². The van der Waals surface area contributed by atoms with Crippen LogP contribution in [0.4, 0.5) is 10.5 Å². The number of hydrazone groups is 1. The van der Waals surface area contributed by atoms with E-state index in [9.17, 15) is 9.59 Å². The molecule has 0 radical (unpaired) electrons. The second-order valence-electron chi connectivity index (χ2n) is 6.89. The van der Waals surface area contributed by atoms with E-state index in [1.807, 2.05) is 4.90 Å². The summed E-state index contributed by atoms with van der Waals surface area (Å²) in [7, 11) is 2.13. The lowest BCUT2D eigenvalue weighted by molar-refractivity contribution is -0.124. The first kappa shape index (κ1) is 15.9. The Kier molecular flexibility index (Phi) is 4.04. The standard InChI is InChI=1S/C17H21N5O3/c1-21-6-12-8-22(9-13(12)7-21)17(24)18-14-4-2-11(3-5-14)16-20-19-15(23)10-25-16/h2-5,12-13H,6-10H2,1H3,(H,18,24)(H,19,23)/t12-,13+. The van der Waals surface area contributed by atoms with Gasteiger partial charge in [-0.25, -0.2) is 10.2 Å². The third kappa shape index (κ3) is 3.30. The lowest BCUT2D eigenvalue weighted by Crippen LogP contribution is -2.35. The molecule has 1 aromatic carbocycles. The van der Waals surface area contributed by atoms with Crippen molar-refractivity contribution in [1.29, 1.82) is 0 Å². The summed E-state index contributed by atoms with van der Waals surface area (Å²) in [4.78, 5) is 27.7. The van der Waals surface area contributed by atoms with Crippen molar-refractivity contribution < 1.29 is 14.3 Å². The van der Waals surface area contributed by atoms with Crippen LogP contribution in [0.25, 0.3) is 0 Å². The summed E-state index contributed by atoms with van der Waals surface area (Å²) in [6.07, 6.45) is 0. The van der Waals surface area contributed by atoms with E-state index >= 15 is 0 Å². The van der Waals surface area contributed by atoms with Gasteiger partial charge in [-0.15, -0.1) is 5.10 Å². The van der Waals surface area contributed by atoms with Crippen LogP contribution in [0.5, 0.6) is 0 Å². The van der Waals surface area contributed by atoms with Gasteiger partial charge in [0.2, 0.25) is 5.90 Å². The first-order chi connectivity index (χ1) is 12.1. The van der Waals surface area contributed by atoms with Gasteiger partial charge in [0.25, 0.3) is 5.91 Å². The highest BCUT2D eigenvalue weighted by Crippen LogP contribution is 2.30. The topological polar surface area (TPSA) is 86.3 Å². The number of benzene rings is 1. The number of rotatable bonds is 2. The minimum absolute atomic E-state index is 0.0379. The lowest BCUT2D eigenvalue weighted by Gasteiger charge is -2.20. The fraction of sp³-hybridized carbons (Fsp3) is 0.471. The maximum atomic E-state index is 12.5. The number of carbonyl (C=O) groups excluding carboxylic acids is 2. The summed E-state index contributed by atoms with van der Waals surface area (Å²) in [5.41, 5.74) is 3.85. The summed E-state index contributed by atoms with van der Waals surface area (Å²) in [5, 5.41) is 6.81. The molecule has 25 heavy (non-hydrogen) atoms. The predicted molar refractivity (Wildman–Crippen MR) is 92.1 cm³/mol. The van der Waals surface area contributed by atoms with Crippen LogP contribution in [0.2, 0.25) is 0 Å². The van der Waals surface area contributed by atoms with Crippen LogP contribution in [0, 0.1) is 11.8 Å². The molecule has 2 fully saturated rings. The van der Waals surface area contributed by atoms with E-state index in [4.69, 9.17) is 4.74 Å². The fourth-order valence-corrected chi connectivity index (χ4v) is 3.75. The molecule has 2 atom stereocenters. The van der Waals surface area contributed by atoms with Crippen LogP contribution < -0.4 is 10.7 Å². The van der Waals surface area contributed by atoms with Crippen molar-refractivity contribution in [2.45, 2.75) is 0 Å². The first-order valence-electron chi connectivity index (χ1n) is 8.43. The Labute approximate surface area is 145 Å². The molecule has 3 aliphatic rings. The van der Waals surface area contributed by atoms with Gasteiger partial charge in [0.05, 0.1) is 0 Å². The molecular weight excluding hydrogens is 322 g/mol. The Morgan fingerprint density at radius 2 is 1.88 bits per heavy atom. The van der Waals surface area contributed by atoms with Crippen LogP contribution >= 0.6 is 0 Å². The maximum absolute atomic E-state index is 12.5. The van der Waals surface area contributed by atoms with Crippen LogP contribution in [-0.2, 0) is 9.53 Å². The van der Waals surface area contributed by atoms with Gasteiger partial charge in [0.15, 0.2) is 6.61 Å². The Morgan fingerprint density at radius 3 is 2.48 bits per heavy atom. The minimum Gasteiger partial charge on any atom is -0.466 e. The number of amides is 3. The second-order valence-corrected chi connectivity index (χ2v) is 6.89. The van der Waals surface area contributed by atoms with Gasteiger partial charge in [-0.3, -0.25) is 4.79 Å². The van der Waals surface area contributed by atoms with E-state index in [1.54, 1.807) is 24.3 Å². The molecule has 132 valence electrons. The highest BCUT2D eigenvalue weighted by Gasteiger charge is 2.40. The van der Waals surface area contributed by atoms with Crippen LogP contribution in [0.1, 0.15) is 5.56 Å². The van der Waals surface area contributed by atoms with Crippen molar-refractivity contribution in [2.75, 3.05) is 45.2 Å². The summed E-state index contributed by atoms with van der Waals surface area (Å²) >= 11 is 0. The van der Waals surface area contributed by atoms with Gasteiger partial charge in [0, 0.05) is 37.4 Å². The zero-order valence-electron chi connectivity index (χ0n) is 14.1. The quantitative estimate of drug-likeness (QED) is 0.820. The molecule has 0 aliphatic carbocycles. The molecule has 3 amide bonds. The molecular formula is C17H21N5O3. The number of hydrogen-bond acceptors (Lipinski definition) is 5. The fourth-order valence-electron chi connectivity index (χ4n) is 3.75. The van der Waals surface area contributed by atoms with Crippen LogP contribution in [0.15, 0.2) is 29.4 Å². The number of anilines is 1. The molecule has 0 saturated carbocycles. The third-order valence-electron chi connectivity index (χ3n) is 4.96. The summed E-state index contributed by atoms with van der Waals surface area (Å²) < 4.78 is 5.27. The van der Waals surface area contributed by atoms with Gasteiger partial charge in [-0.05, 0) is 43.1 Å². The highest BCUT2D eigenvalue weighted by molar-refractivity contribution is 5.98. The molecule has 1 aromatic rings. The smallest absolute Gasteiger partial charge is 0.321 e. The number of ether oxygens (including phenoxy) is 1. The summed E-state index contributed by atoms with van der Waals surface area (Å²) in [6, 6.07) is 7.17. The monoisotopic (exact) mass is 343 g/mol. The van der Waals surface area contributed by atoms with E-state index in [0.717, 1.165) is 37.4 Å². The molecule has 0 bridgehead atoms. The Hall–Kier alpha value is -2.61. The molecule has 0 spiro atoms. The van der Waals surface area contributed by atoms with Crippen molar-refractivity contribution in [3.63, 3.8) is 0 Å². The van der Waals surface area contributed by atoms with E-state index in [0.29, 0.717) is 17.7 Å². The summed E-state index contributed by atoms with van der Waals surface area (Å²) in [6.45, 7) is 3.75. The SMILES string of the molecule is CN1C[C@@H]2CN(C(=O)Nc3ccc(C4=NNC(=O)CO4)cc3)C[C@@H]2C1. The number of urea groups is 1. The molecule has 3 aliphatic heterocycles. The molecule has 2 N–H and O–H groups in total. The lowest BCUT2D eigenvalue weighted by atomic mass is 10.0. The largest absolute Gasteiger partial charge is 0.466 e. The molecule has 3 heterocycles. The third-order valence-corrected chi connectivity index (χ3v) is 4.96. The average molecular weight is 343 g/mol. The van der Waals surface area contributed by atoms with Crippen molar-refractivity contribution >= 4 is 23.5 Å². The second kappa shape index (κ2) is 6.36. The first-order valence-corrected chi connectivity index (χ1v) is 8.43. The van der Waals surface area contributed by atoms with Crippen LogP contribution in [-0.4, -0.2) is 67.5 Å². The normalized spacial score (nSPS) is 25.9. The molecule has 2 saturated heterocycles. The van der Waals surface area contributed by atoms with Gasteiger partial charge in [-0.2, -0.15) is 0 Å². The van der Waals surface area contributed by atoms with Crippen molar-refractivity contribution in [2.24, 2.45) is 16.9 Å². The predicted octanol–water partition coefficient (Wildman–Crippen LogP) is 0.520. The zero-order chi connectivity index (χ0) is 17.4. The summed E-state index contributed by atoms with van der Waals surface area (Å²) in [5.74, 6) is 1.28. The van der Waals surface area contributed by atoms with E-state index in [-0.39, 0.29) is 18.5 Å². The molecule has 0 unspecified atom stereocenters. The highest BCUT2D eigenvalue weighted by atomic mass is 16.5. The van der Waals surface area contributed by atoms with Crippen molar-refractivity contribution in [3.05, 3.63) is 29.8 Å². The zero-order valence-corrected chi connectivity index (χ0v) is 14.1. The average Bonchev–Trinajstić information content (AvgIpc) is 3.14. The van der Waals surface area contributed by atoms with Gasteiger partial charge in [-0.1, -0.05) is 0 Å².